The highest BCUT2D eigenvalue weighted by atomic mass is 32.2. The summed E-state index contributed by atoms with van der Waals surface area (Å²) in [7, 11) is -3.26. The normalized spacial score (nSPS) is 18.9. The van der Waals surface area contributed by atoms with E-state index >= 15 is 0 Å². The van der Waals surface area contributed by atoms with Crippen molar-refractivity contribution in [1.29, 1.82) is 0 Å². The molecule has 2 fully saturated rings. The van der Waals surface area contributed by atoms with E-state index in [-0.39, 0.29) is 5.25 Å². The van der Waals surface area contributed by atoms with Crippen molar-refractivity contribution in [1.82, 2.24) is 0 Å². The summed E-state index contributed by atoms with van der Waals surface area (Å²) < 4.78 is 32.6. The van der Waals surface area contributed by atoms with Gasteiger partial charge in [0.1, 0.15) is 6.61 Å². The van der Waals surface area contributed by atoms with Crippen LogP contribution in [0.25, 0.3) is 0 Å². The SMILES string of the molecule is O=S(=O)(Nc1ccc2c(c1)COC(Nc1cccc(C3CC3)c1)=N2)C1CC1. The fraction of sp³-hybridized carbons (Fsp3) is 0.350. The third-order valence-electron chi connectivity index (χ3n) is 5.08. The molecule has 2 aromatic carbocycles. The number of hydrogen-bond acceptors (Lipinski definition) is 5. The Kier molecular flexibility index (Phi) is 3.86. The van der Waals surface area contributed by atoms with E-state index in [0.717, 1.165) is 29.8 Å². The van der Waals surface area contributed by atoms with Gasteiger partial charge in [0.2, 0.25) is 10.0 Å². The van der Waals surface area contributed by atoms with E-state index in [1.54, 1.807) is 12.1 Å². The maximum atomic E-state index is 12.1. The van der Waals surface area contributed by atoms with Crippen LogP contribution in [0, 0.1) is 0 Å². The first-order valence-corrected chi connectivity index (χ1v) is 10.8. The van der Waals surface area contributed by atoms with Gasteiger partial charge in [-0.25, -0.2) is 8.42 Å². The lowest BCUT2D eigenvalue weighted by molar-refractivity contribution is 0.286. The van der Waals surface area contributed by atoms with Gasteiger partial charge in [0, 0.05) is 16.9 Å². The molecule has 5 rings (SSSR count). The topological polar surface area (TPSA) is 79.8 Å². The van der Waals surface area contributed by atoms with Gasteiger partial charge >= 0.3 is 0 Å². The second kappa shape index (κ2) is 6.27. The minimum absolute atomic E-state index is 0.245. The Morgan fingerprint density at radius 1 is 1.00 bits per heavy atom. The molecule has 0 amide bonds. The zero-order chi connectivity index (χ0) is 18.4. The van der Waals surface area contributed by atoms with Crippen LogP contribution in [0.15, 0.2) is 47.5 Å². The Hall–Kier alpha value is -2.54. The number of rotatable bonds is 5. The van der Waals surface area contributed by atoms with Crippen LogP contribution in [0.1, 0.15) is 42.7 Å². The fourth-order valence-corrected chi connectivity index (χ4v) is 4.64. The van der Waals surface area contributed by atoms with Crippen LogP contribution in [0.3, 0.4) is 0 Å². The van der Waals surface area contributed by atoms with Crippen LogP contribution in [0.5, 0.6) is 0 Å². The van der Waals surface area contributed by atoms with E-state index in [0.29, 0.717) is 24.2 Å². The minimum atomic E-state index is -3.26. The molecule has 2 aliphatic carbocycles. The van der Waals surface area contributed by atoms with Gasteiger partial charge in [-0.2, -0.15) is 4.99 Å². The first-order chi connectivity index (χ1) is 13.1. The number of benzene rings is 2. The zero-order valence-electron chi connectivity index (χ0n) is 14.8. The van der Waals surface area contributed by atoms with Gasteiger partial charge in [0.05, 0.1) is 10.9 Å². The van der Waals surface area contributed by atoms with Crippen LogP contribution in [0.4, 0.5) is 17.1 Å². The van der Waals surface area contributed by atoms with Crippen LogP contribution >= 0.6 is 0 Å². The van der Waals surface area contributed by atoms with Crippen LogP contribution < -0.4 is 10.0 Å². The number of aliphatic imine (C=N–C) groups is 1. The van der Waals surface area contributed by atoms with Crippen LogP contribution in [-0.2, 0) is 21.4 Å². The molecular formula is C20H21N3O3S. The van der Waals surface area contributed by atoms with Crippen LogP contribution in [0.2, 0.25) is 0 Å². The van der Waals surface area contributed by atoms with E-state index in [9.17, 15) is 8.42 Å². The minimum Gasteiger partial charge on any atom is -0.460 e. The van der Waals surface area contributed by atoms with Crippen molar-refractivity contribution in [2.24, 2.45) is 4.99 Å². The van der Waals surface area contributed by atoms with Crippen molar-refractivity contribution in [3.8, 4) is 0 Å². The van der Waals surface area contributed by atoms with Crippen molar-refractivity contribution in [2.45, 2.75) is 43.5 Å². The molecule has 140 valence electrons. The van der Waals surface area contributed by atoms with E-state index in [1.807, 2.05) is 18.2 Å². The van der Waals surface area contributed by atoms with Gasteiger partial charge in [0.25, 0.3) is 6.02 Å². The van der Waals surface area contributed by atoms with Crippen molar-refractivity contribution in [3.63, 3.8) is 0 Å². The Bertz CT molecular complexity index is 1020. The van der Waals surface area contributed by atoms with Gasteiger partial charge in [-0.3, -0.25) is 4.72 Å². The van der Waals surface area contributed by atoms with Gasteiger partial charge in [-0.1, -0.05) is 12.1 Å². The Balaban J connectivity index is 1.32. The van der Waals surface area contributed by atoms with Crippen molar-refractivity contribution in [3.05, 3.63) is 53.6 Å². The maximum Gasteiger partial charge on any atom is 0.294 e. The predicted octanol–water partition coefficient (Wildman–Crippen LogP) is 4.10. The number of fused-ring (bicyclic) bond motifs is 1. The highest BCUT2D eigenvalue weighted by molar-refractivity contribution is 7.93. The first kappa shape index (κ1) is 16.6. The number of hydrogen-bond donors (Lipinski definition) is 2. The number of nitrogens with zero attached hydrogens (tertiary/aromatic N) is 1. The predicted molar refractivity (Wildman–Crippen MR) is 106 cm³/mol. The molecule has 7 heteroatoms. The van der Waals surface area contributed by atoms with Gasteiger partial charge in [-0.15, -0.1) is 0 Å². The van der Waals surface area contributed by atoms with Gasteiger partial charge < -0.3 is 10.1 Å². The second-order valence-corrected chi connectivity index (χ2v) is 9.38. The largest absolute Gasteiger partial charge is 0.460 e. The summed E-state index contributed by atoms with van der Waals surface area (Å²) in [5, 5.41) is 2.99. The second-order valence-electron chi connectivity index (χ2n) is 7.42. The molecule has 0 bridgehead atoms. The molecule has 0 atom stereocenters. The standard InChI is InChI=1S/C20H21N3O3S/c24-27(25,18-7-8-18)23-17-6-9-19-15(11-17)12-26-20(22-19)21-16-3-1-2-14(10-16)13-4-5-13/h1-3,6,9-11,13,18,23H,4-5,7-8,12H2,(H,21,22). The van der Waals surface area contributed by atoms with E-state index < -0.39 is 10.0 Å². The summed E-state index contributed by atoms with van der Waals surface area (Å²) >= 11 is 0. The molecule has 0 spiro atoms. The average molecular weight is 383 g/mol. The molecule has 27 heavy (non-hydrogen) atoms. The number of anilines is 2. The van der Waals surface area contributed by atoms with E-state index in [4.69, 9.17) is 4.74 Å². The molecule has 1 aliphatic heterocycles. The molecule has 6 nitrogen and oxygen atoms in total. The summed E-state index contributed by atoms with van der Waals surface area (Å²) in [6, 6.07) is 14.2. The van der Waals surface area contributed by atoms with E-state index in [2.05, 4.69) is 27.2 Å². The highest BCUT2D eigenvalue weighted by Crippen LogP contribution is 2.40. The first-order valence-electron chi connectivity index (χ1n) is 9.30. The monoisotopic (exact) mass is 383 g/mol. The molecule has 3 aliphatic rings. The number of nitrogens with one attached hydrogen (secondary N) is 2. The molecular weight excluding hydrogens is 362 g/mol. The lowest BCUT2D eigenvalue weighted by atomic mass is 10.1. The smallest absolute Gasteiger partial charge is 0.294 e. The molecule has 0 saturated heterocycles. The molecule has 0 unspecified atom stereocenters. The quantitative estimate of drug-likeness (QED) is 0.815. The number of amidine groups is 1. The number of sulfonamides is 1. The van der Waals surface area contributed by atoms with Crippen LogP contribution in [-0.4, -0.2) is 19.7 Å². The summed E-state index contributed by atoms with van der Waals surface area (Å²) in [6.45, 7) is 0.350. The van der Waals surface area contributed by atoms with Crippen molar-refractivity contribution in [2.75, 3.05) is 10.0 Å². The van der Waals surface area contributed by atoms with Crippen molar-refractivity contribution >= 4 is 33.1 Å². The lowest BCUT2D eigenvalue weighted by Gasteiger charge is -2.19. The van der Waals surface area contributed by atoms with E-state index in [1.165, 1.54) is 18.4 Å². The average Bonchev–Trinajstić information content (AvgIpc) is 3.54. The molecule has 0 aromatic heterocycles. The summed E-state index contributed by atoms with van der Waals surface area (Å²) in [4.78, 5) is 4.52. The third kappa shape index (κ3) is 3.64. The summed E-state index contributed by atoms with van der Waals surface area (Å²) in [5.74, 6) is 0.694. The zero-order valence-corrected chi connectivity index (χ0v) is 15.6. The summed E-state index contributed by atoms with van der Waals surface area (Å²) in [5.41, 5.74) is 4.53. The molecule has 2 N–H and O–H groups in total. The van der Waals surface area contributed by atoms with Gasteiger partial charge in [-0.05, 0) is 67.5 Å². The lowest BCUT2D eigenvalue weighted by Crippen LogP contribution is -2.20. The molecule has 2 aromatic rings. The Morgan fingerprint density at radius 2 is 1.85 bits per heavy atom. The molecule has 0 radical (unpaired) electrons. The molecule has 1 heterocycles. The Labute approximate surface area is 158 Å². The van der Waals surface area contributed by atoms with Crippen molar-refractivity contribution < 1.29 is 13.2 Å². The highest BCUT2D eigenvalue weighted by Gasteiger charge is 2.35. The van der Waals surface area contributed by atoms with Gasteiger partial charge in [0.15, 0.2) is 0 Å². The third-order valence-corrected chi connectivity index (χ3v) is 6.95. The Morgan fingerprint density at radius 3 is 2.63 bits per heavy atom. The summed E-state index contributed by atoms with van der Waals surface area (Å²) in [6.07, 6.45) is 4.01. The fourth-order valence-electron chi connectivity index (χ4n) is 3.26. The molecule has 2 saturated carbocycles. The maximum absolute atomic E-state index is 12.1. The number of ether oxygens (including phenoxy) is 1.